The molecule has 128 valence electrons. The zero-order valence-corrected chi connectivity index (χ0v) is 14.8. The van der Waals surface area contributed by atoms with Crippen molar-refractivity contribution < 1.29 is 4.79 Å². The van der Waals surface area contributed by atoms with Crippen LogP contribution in [-0.2, 0) is 0 Å². The lowest BCUT2D eigenvalue weighted by Crippen LogP contribution is -2.25. The molecule has 3 aromatic rings. The van der Waals surface area contributed by atoms with E-state index in [9.17, 15) is 4.79 Å². The molecule has 0 saturated heterocycles. The molecular weight excluding hydrogens is 312 g/mol. The predicted molar refractivity (Wildman–Crippen MR) is 98.9 cm³/mol. The zero-order chi connectivity index (χ0) is 17.8. The highest BCUT2D eigenvalue weighted by molar-refractivity contribution is 5.91. The third-order valence-electron chi connectivity index (χ3n) is 3.87. The van der Waals surface area contributed by atoms with Gasteiger partial charge in [-0.2, -0.15) is 0 Å². The summed E-state index contributed by atoms with van der Waals surface area (Å²) in [4.78, 5) is 16.8. The molecule has 1 N–H and O–H groups in total. The number of aryl methyl sites for hydroxylation is 2. The van der Waals surface area contributed by atoms with Crippen molar-refractivity contribution in [3.8, 4) is 17.1 Å². The van der Waals surface area contributed by atoms with Crippen molar-refractivity contribution in [2.24, 2.45) is 0 Å². The third-order valence-corrected chi connectivity index (χ3v) is 3.87. The SMILES string of the molecule is CCCNC(=O)c1nc(-c2cccc(C)c2)n(-c2cccc(C)c2)n1. The summed E-state index contributed by atoms with van der Waals surface area (Å²) in [5, 5.41) is 7.31. The van der Waals surface area contributed by atoms with Crippen molar-refractivity contribution in [1.82, 2.24) is 20.1 Å². The average Bonchev–Trinajstić information content (AvgIpc) is 3.05. The Labute approximate surface area is 147 Å². The van der Waals surface area contributed by atoms with E-state index < -0.39 is 0 Å². The van der Waals surface area contributed by atoms with Crippen molar-refractivity contribution >= 4 is 5.91 Å². The van der Waals surface area contributed by atoms with Crippen LogP contribution >= 0.6 is 0 Å². The van der Waals surface area contributed by atoms with Gasteiger partial charge < -0.3 is 5.32 Å². The first-order chi connectivity index (χ1) is 12.1. The van der Waals surface area contributed by atoms with Crippen LogP contribution < -0.4 is 5.32 Å². The summed E-state index contributed by atoms with van der Waals surface area (Å²) in [7, 11) is 0. The highest BCUT2D eigenvalue weighted by atomic mass is 16.2. The molecule has 0 saturated carbocycles. The van der Waals surface area contributed by atoms with Crippen LogP contribution in [0.3, 0.4) is 0 Å². The van der Waals surface area contributed by atoms with Gasteiger partial charge in [-0.3, -0.25) is 4.79 Å². The standard InChI is InChI=1S/C20H22N4O/c1-4-11-21-20(25)18-22-19(16-9-5-7-14(2)12-16)24(23-18)17-10-6-8-15(3)13-17/h5-10,12-13H,4,11H2,1-3H3,(H,21,25). The maximum absolute atomic E-state index is 12.3. The van der Waals surface area contributed by atoms with Crippen molar-refractivity contribution in [3.63, 3.8) is 0 Å². The molecular formula is C20H22N4O. The van der Waals surface area contributed by atoms with Gasteiger partial charge in [0.25, 0.3) is 5.91 Å². The summed E-state index contributed by atoms with van der Waals surface area (Å²) in [6, 6.07) is 16.0. The molecule has 0 radical (unpaired) electrons. The minimum Gasteiger partial charge on any atom is -0.349 e. The van der Waals surface area contributed by atoms with Gasteiger partial charge >= 0.3 is 0 Å². The zero-order valence-electron chi connectivity index (χ0n) is 14.8. The van der Waals surface area contributed by atoms with E-state index in [1.54, 1.807) is 4.68 Å². The van der Waals surface area contributed by atoms with Gasteiger partial charge in [0.2, 0.25) is 5.82 Å². The molecule has 25 heavy (non-hydrogen) atoms. The van der Waals surface area contributed by atoms with Crippen LogP contribution in [0.2, 0.25) is 0 Å². The van der Waals surface area contributed by atoms with E-state index in [2.05, 4.69) is 15.4 Å². The molecule has 0 fully saturated rings. The van der Waals surface area contributed by atoms with Crippen molar-refractivity contribution in [2.75, 3.05) is 6.54 Å². The molecule has 0 bridgehead atoms. The molecule has 0 aliphatic rings. The summed E-state index contributed by atoms with van der Waals surface area (Å²) < 4.78 is 1.74. The molecule has 1 amide bonds. The summed E-state index contributed by atoms with van der Waals surface area (Å²) in [5.41, 5.74) is 4.08. The second kappa shape index (κ2) is 7.30. The van der Waals surface area contributed by atoms with Crippen LogP contribution in [0.25, 0.3) is 17.1 Å². The van der Waals surface area contributed by atoms with Gasteiger partial charge in [-0.25, -0.2) is 9.67 Å². The molecule has 0 unspecified atom stereocenters. The van der Waals surface area contributed by atoms with Crippen LogP contribution in [0.15, 0.2) is 48.5 Å². The van der Waals surface area contributed by atoms with Crippen LogP contribution in [0.5, 0.6) is 0 Å². The van der Waals surface area contributed by atoms with Crippen LogP contribution in [0.1, 0.15) is 35.1 Å². The Balaban J connectivity index is 2.11. The summed E-state index contributed by atoms with van der Waals surface area (Å²) in [5.74, 6) is 0.601. The fraction of sp³-hybridized carbons (Fsp3) is 0.250. The number of benzene rings is 2. The normalized spacial score (nSPS) is 10.7. The van der Waals surface area contributed by atoms with E-state index in [0.29, 0.717) is 12.4 Å². The number of hydrogen-bond donors (Lipinski definition) is 1. The molecule has 0 aliphatic heterocycles. The van der Waals surface area contributed by atoms with Crippen LogP contribution in [0.4, 0.5) is 0 Å². The largest absolute Gasteiger partial charge is 0.349 e. The minimum absolute atomic E-state index is 0.187. The summed E-state index contributed by atoms with van der Waals surface area (Å²) in [6.07, 6.45) is 0.870. The number of carbonyl (C=O) groups is 1. The lowest BCUT2D eigenvalue weighted by atomic mass is 10.1. The second-order valence-electron chi connectivity index (χ2n) is 6.14. The lowest BCUT2D eigenvalue weighted by Gasteiger charge is -2.07. The second-order valence-corrected chi connectivity index (χ2v) is 6.14. The van der Waals surface area contributed by atoms with Crippen molar-refractivity contribution in [2.45, 2.75) is 27.2 Å². The first kappa shape index (κ1) is 16.9. The van der Waals surface area contributed by atoms with Crippen molar-refractivity contribution in [1.29, 1.82) is 0 Å². The van der Waals surface area contributed by atoms with Gasteiger partial charge in [-0.15, -0.1) is 5.10 Å². The predicted octanol–water partition coefficient (Wildman–Crippen LogP) is 3.69. The van der Waals surface area contributed by atoms with E-state index in [1.165, 1.54) is 0 Å². The molecule has 0 aliphatic carbocycles. The van der Waals surface area contributed by atoms with Gasteiger partial charge in [-0.1, -0.05) is 42.8 Å². The number of hydrogen-bond acceptors (Lipinski definition) is 3. The van der Waals surface area contributed by atoms with Crippen LogP contribution in [0, 0.1) is 13.8 Å². The number of nitrogens with one attached hydrogen (secondary N) is 1. The fourth-order valence-electron chi connectivity index (χ4n) is 2.64. The van der Waals surface area contributed by atoms with Gasteiger partial charge in [0.1, 0.15) is 0 Å². The van der Waals surface area contributed by atoms with E-state index in [1.807, 2.05) is 69.3 Å². The molecule has 5 heteroatoms. The Morgan fingerprint density at radius 1 is 1.08 bits per heavy atom. The van der Waals surface area contributed by atoms with E-state index in [-0.39, 0.29) is 11.7 Å². The number of carbonyl (C=O) groups excluding carboxylic acids is 1. The minimum atomic E-state index is -0.248. The molecule has 1 aromatic heterocycles. The topological polar surface area (TPSA) is 59.8 Å². The van der Waals surface area contributed by atoms with Gasteiger partial charge in [0.15, 0.2) is 5.82 Å². The van der Waals surface area contributed by atoms with Crippen LogP contribution in [-0.4, -0.2) is 27.2 Å². The summed E-state index contributed by atoms with van der Waals surface area (Å²) >= 11 is 0. The molecule has 3 rings (SSSR count). The van der Waals surface area contributed by atoms with E-state index in [0.717, 1.165) is 28.8 Å². The highest BCUT2D eigenvalue weighted by Crippen LogP contribution is 2.22. The van der Waals surface area contributed by atoms with Gasteiger partial charge in [0, 0.05) is 12.1 Å². The molecule has 5 nitrogen and oxygen atoms in total. The Kier molecular flexibility index (Phi) is 4.93. The lowest BCUT2D eigenvalue weighted by molar-refractivity contribution is 0.0943. The Morgan fingerprint density at radius 3 is 2.48 bits per heavy atom. The monoisotopic (exact) mass is 334 g/mol. The first-order valence-electron chi connectivity index (χ1n) is 8.48. The average molecular weight is 334 g/mol. The molecule has 0 atom stereocenters. The quantitative estimate of drug-likeness (QED) is 0.774. The Bertz CT molecular complexity index is 835. The fourth-order valence-corrected chi connectivity index (χ4v) is 2.64. The van der Waals surface area contributed by atoms with Crippen molar-refractivity contribution in [3.05, 3.63) is 65.5 Å². The Hall–Kier alpha value is -2.95. The molecule has 1 heterocycles. The van der Waals surface area contributed by atoms with E-state index in [4.69, 9.17) is 0 Å². The summed E-state index contributed by atoms with van der Waals surface area (Å²) in [6.45, 7) is 6.68. The Morgan fingerprint density at radius 2 is 1.80 bits per heavy atom. The number of nitrogens with zero attached hydrogens (tertiary/aromatic N) is 3. The smallest absolute Gasteiger partial charge is 0.290 e. The maximum atomic E-state index is 12.3. The van der Waals surface area contributed by atoms with E-state index >= 15 is 0 Å². The molecule has 0 spiro atoms. The third kappa shape index (κ3) is 3.76. The number of amides is 1. The maximum Gasteiger partial charge on any atom is 0.290 e. The number of rotatable bonds is 5. The van der Waals surface area contributed by atoms with Gasteiger partial charge in [-0.05, 0) is 44.0 Å². The number of aromatic nitrogens is 3. The first-order valence-corrected chi connectivity index (χ1v) is 8.48. The highest BCUT2D eigenvalue weighted by Gasteiger charge is 2.18. The van der Waals surface area contributed by atoms with Gasteiger partial charge in [0.05, 0.1) is 5.69 Å². The molecule has 2 aromatic carbocycles.